The number of allylic oxidation sites excluding steroid dienone is 5. The number of pyridine rings is 1. The van der Waals surface area contributed by atoms with E-state index < -0.39 is 0 Å². The van der Waals surface area contributed by atoms with Crippen molar-refractivity contribution in [1.29, 1.82) is 0 Å². The summed E-state index contributed by atoms with van der Waals surface area (Å²) in [6, 6.07) is 10.0. The Kier molecular flexibility index (Phi) is 5.62. The highest BCUT2D eigenvalue weighted by atomic mass is 16.1. The zero-order chi connectivity index (χ0) is 18.5. The number of aryl methyl sites for hydroxylation is 2. The maximum Gasteiger partial charge on any atom is 0.163 e. The number of ketones is 1. The van der Waals surface area contributed by atoms with Gasteiger partial charge in [-0.2, -0.15) is 0 Å². The largest absolute Gasteiger partial charge is 0.294 e. The summed E-state index contributed by atoms with van der Waals surface area (Å²) in [5.74, 6) is 0.505. The van der Waals surface area contributed by atoms with E-state index in [2.05, 4.69) is 43.6 Å². The summed E-state index contributed by atoms with van der Waals surface area (Å²) in [5.41, 5.74) is 6.92. The second kappa shape index (κ2) is 8.09. The van der Waals surface area contributed by atoms with E-state index >= 15 is 0 Å². The van der Waals surface area contributed by atoms with E-state index in [0.717, 1.165) is 24.0 Å². The molecule has 1 heterocycles. The zero-order valence-electron chi connectivity index (χ0n) is 15.5. The Bertz CT molecular complexity index is 874. The lowest BCUT2D eigenvalue weighted by molar-refractivity contribution is 0.0982. The maximum atomic E-state index is 12.6. The standard InChI is InChI=1S/C24H25NO/c1-4-6-22-19(10-12-23(22)21-7-5-14-25-16-21)11-13-24(26)20-9-8-17(2)18(3)15-20/h4-5,7-10,12,14-16,22H,1,6,11,13H2,2-3H3. The summed E-state index contributed by atoms with van der Waals surface area (Å²) in [4.78, 5) is 16.8. The maximum absolute atomic E-state index is 12.6. The lowest BCUT2D eigenvalue weighted by Gasteiger charge is -2.18. The van der Waals surface area contributed by atoms with Gasteiger partial charge < -0.3 is 0 Å². The van der Waals surface area contributed by atoms with Crippen molar-refractivity contribution in [2.45, 2.75) is 33.1 Å². The van der Waals surface area contributed by atoms with Crippen LogP contribution in [0.3, 0.4) is 0 Å². The zero-order valence-corrected chi connectivity index (χ0v) is 15.5. The molecule has 26 heavy (non-hydrogen) atoms. The summed E-state index contributed by atoms with van der Waals surface area (Å²) >= 11 is 0. The molecule has 0 saturated heterocycles. The summed E-state index contributed by atoms with van der Waals surface area (Å²) in [6.07, 6.45) is 12.2. The van der Waals surface area contributed by atoms with Crippen LogP contribution in [0, 0.1) is 19.8 Å². The Balaban J connectivity index is 1.69. The molecule has 1 atom stereocenters. The molecule has 1 aromatic carbocycles. The van der Waals surface area contributed by atoms with Gasteiger partial charge in [0, 0.05) is 30.3 Å². The van der Waals surface area contributed by atoms with Crippen LogP contribution in [-0.4, -0.2) is 10.8 Å². The van der Waals surface area contributed by atoms with Gasteiger partial charge in [0.15, 0.2) is 5.78 Å². The average Bonchev–Trinajstić information content (AvgIpc) is 3.06. The fourth-order valence-corrected chi connectivity index (χ4v) is 3.48. The molecular weight excluding hydrogens is 318 g/mol. The number of hydrogen-bond donors (Lipinski definition) is 0. The summed E-state index contributed by atoms with van der Waals surface area (Å²) < 4.78 is 0. The third-order valence-electron chi connectivity index (χ3n) is 5.17. The number of nitrogens with zero attached hydrogens (tertiary/aromatic N) is 1. The molecule has 0 amide bonds. The molecular formula is C24H25NO. The third-order valence-corrected chi connectivity index (χ3v) is 5.17. The van der Waals surface area contributed by atoms with Gasteiger partial charge in [-0.3, -0.25) is 9.78 Å². The van der Waals surface area contributed by atoms with Crippen molar-refractivity contribution in [1.82, 2.24) is 4.98 Å². The van der Waals surface area contributed by atoms with Gasteiger partial charge >= 0.3 is 0 Å². The quantitative estimate of drug-likeness (QED) is 0.464. The molecule has 0 bridgehead atoms. The molecule has 0 saturated carbocycles. The van der Waals surface area contributed by atoms with E-state index in [0.29, 0.717) is 12.3 Å². The number of Topliss-reactive ketones (excluding diaryl/α,β-unsaturated/α-hetero) is 1. The molecule has 2 aromatic rings. The number of carbonyl (C=O) groups is 1. The monoisotopic (exact) mass is 343 g/mol. The molecule has 0 spiro atoms. The van der Waals surface area contributed by atoms with Gasteiger partial charge in [-0.1, -0.05) is 42.0 Å². The van der Waals surface area contributed by atoms with Gasteiger partial charge in [0.1, 0.15) is 0 Å². The number of hydrogen-bond acceptors (Lipinski definition) is 2. The van der Waals surface area contributed by atoms with E-state index in [-0.39, 0.29) is 5.78 Å². The molecule has 0 radical (unpaired) electrons. The first-order chi connectivity index (χ1) is 12.6. The molecule has 2 heteroatoms. The van der Waals surface area contributed by atoms with Crippen molar-refractivity contribution in [2.75, 3.05) is 0 Å². The van der Waals surface area contributed by atoms with Crippen molar-refractivity contribution in [3.8, 4) is 0 Å². The second-order valence-electron chi connectivity index (χ2n) is 6.90. The Hall–Kier alpha value is -2.74. The molecule has 3 rings (SSSR count). The van der Waals surface area contributed by atoms with Gasteiger partial charge in [-0.25, -0.2) is 0 Å². The highest BCUT2D eigenvalue weighted by Gasteiger charge is 2.23. The second-order valence-corrected chi connectivity index (χ2v) is 6.90. The minimum absolute atomic E-state index is 0.209. The van der Waals surface area contributed by atoms with Gasteiger partial charge in [0.2, 0.25) is 0 Å². The van der Waals surface area contributed by atoms with Crippen molar-refractivity contribution in [3.63, 3.8) is 0 Å². The van der Waals surface area contributed by atoms with E-state index in [1.54, 1.807) is 6.20 Å². The molecule has 1 unspecified atom stereocenters. The van der Waals surface area contributed by atoms with Crippen molar-refractivity contribution in [3.05, 3.63) is 95.4 Å². The predicted octanol–water partition coefficient (Wildman–Crippen LogP) is 5.88. The normalized spacial score (nSPS) is 16.2. The van der Waals surface area contributed by atoms with Crippen LogP contribution >= 0.6 is 0 Å². The smallest absolute Gasteiger partial charge is 0.163 e. The number of rotatable bonds is 7. The summed E-state index contributed by atoms with van der Waals surface area (Å²) in [5, 5.41) is 0. The molecule has 0 N–H and O–H groups in total. The number of benzene rings is 1. The van der Waals surface area contributed by atoms with Crippen molar-refractivity contribution < 1.29 is 4.79 Å². The van der Waals surface area contributed by atoms with Crippen LogP contribution < -0.4 is 0 Å². The number of aromatic nitrogens is 1. The lowest BCUT2D eigenvalue weighted by atomic mass is 9.86. The highest BCUT2D eigenvalue weighted by Crippen LogP contribution is 2.38. The fraction of sp³-hybridized carbons (Fsp3) is 0.250. The van der Waals surface area contributed by atoms with Crippen LogP contribution in [0.5, 0.6) is 0 Å². The first-order valence-electron chi connectivity index (χ1n) is 9.12. The molecule has 2 nitrogen and oxygen atoms in total. The summed E-state index contributed by atoms with van der Waals surface area (Å²) in [7, 11) is 0. The average molecular weight is 343 g/mol. The molecule has 132 valence electrons. The van der Waals surface area contributed by atoms with Crippen LogP contribution in [0.2, 0.25) is 0 Å². The van der Waals surface area contributed by atoms with Crippen molar-refractivity contribution in [2.24, 2.45) is 5.92 Å². The van der Waals surface area contributed by atoms with Crippen LogP contribution in [0.1, 0.15) is 46.3 Å². The minimum atomic E-state index is 0.209. The Morgan fingerprint density at radius 3 is 2.73 bits per heavy atom. The predicted molar refractivity (Wildman–Crippen MR) is 108 cm³/mol. The molecule has 1 aromatic heterocycles. The van der Waals surface area contributed by atoms with Crippen molar-refractivity contribution >= 4 is 11.4 Å². The van der Waals surface area contributed by atoms with Crippen LogP contribution in [0.4, 0.5) is 0 Å². The highest BCUT2D eigenvalue weighted by molar-refractivity contribution is 5.96. The first kappa shape index (κ1) is 18.1. The molecule has 1 aliphatic rings. The van der Waals surface area contributed by atoms with Gasteiger partial charge in [0.05, 0.1) is 0 Å². The Morgan fingerprint density at radius 1 is 1.19 bits per heavy atom. The van der Waals surface area contributed by atoms with Gasteiger partial charge in [0.25, 0.3) is 0 Å². The van der Waals surface area contributed by atoms with E-state index in [4.69, 9.17) is 0 Å². The molecule has 0 fully saturated rings. The van der Waals surface area contributed by atoms with Gasteiger partial charge in [-0.15, -0.1) is 6.58 Å². The van der Waals surface area contributed by atoms with Crippen LogP contribution in [-0.2, 0) is 0 Å². The fourth-order valence-electron chi connectivity index (χ4n) is 3.48. The molecule has 1 aliphatic carbocycles. The Labute approximate surface area is 156 Å². The first-order valence-corrected chi connectivity index (χ1v) is 9.12. The van der Waals surface area contributed by atoms with E-state index in [9.17, 15) is 4.79 Å². The summed E-state index contributed by atoms with van der Waals surface area (Å²) in [6.45, 7) is 8.03. The van der Waals surface area contributed by atoms with E-state index in [1.165, 1.54) is 22.3 Å². The minimum Gasteiger partial charge on any atom is -0.294 e. The number of carbonyl (C=O) groups excluding carboxylic acids is 1. The van der Waals surface area contributed by atoms with Crippen LogP contribution in [0.15, 0.2) is 73.1 Å². The molecule has 0 aliphatic heterocycles. The van der Waals surface area contributed by atoms with Gasteiger partial charge in [-0.05, 0) is 61.1 Å². The lowest BCUT2D eigenvalue weighted by Crippen LogP contribution is -2.06. The SMILES string of the molecule is C=CCC1C(CCC(=O)c2ccc(C)c(C)c2)=CC=C1c1cccnc1. The van der Waals surface area contributed by atoms with E-state index in [1.807, 2.05) is 36.5 Å². The third kappa shape index (κ3) is 3.91. The Morgan fingerprint density at radius 2 is 2.04 bits per heavy atom. The topological polar surface area (TPSA) is 30.0 Å². The van der Waals surface area contributed by atoms with Crippen LogP contribution in [0.25, 0.3) is 5.57 Å².